The Morgan fingerprint density at radius 1 is 0.857 bits per heavy atom. The average molecular weight is 277 g/mol. The molecule has 3 aromatic rings. The van der Waals surface area contributed by atoms with Crippen LogP contribution in [0.25, 0.3) is 11.1 Å². The lowest BCUT2D eigenvalue weighted by Crippen LogP contribution is -1.92. The molecule has 1 aromatic heterocycles. The molecule has 0 spiro atoms. The predicted molar refractivity (Wildman–Crippen MR) is 82.1 cm³/mol. The lowest BCUT2D eigenvalue weighted by molar-refractivity contribution is 0.276. The molecule has 0 aliphatic carbocycles. The monoisotopic (exact) mass is 277 g/mol. The molecule has 0 atom stereocenters. The summed E-state index contributed by atoms with van der Waals surface area (Å²) >= 11 is 0. The molecule has 2 aromatic carbocycles. The highest BCUT2D eigenvalue weighted by molar-refractivity contribution is 5.64. The minimum atomic E-state index is -0.0920. The minimum Gasteiger partial charge on any atom is -0.457 e. The summed E-state index contributed by atoms with van der Waals surface area (Å²) in [5.74, 6) is 1.36. The third-order valence-corrected chi connectivity index (χ3v) is 3.22. The van der Waals surface area contributed by atoms with Crippen LogP contribution in [0.4, 0.5) is 0 Å². The summed E-state index contributed by atoms with van der Waals surface area (Å²) < 4.78 is 5.79. The van der Waals surface area contributed by atoms with Crippen molar-refractivity contribution in [3.05, 3.63) is 78.6 Å². The van der Waals surface area contributed by atoms with Crippen LogP contribution in [0.3, 0.4) is 0 Å². The first-order chi connectivity index (χ1) is 10.4. The van der Waals surface area contributed by atoms with Crippen molar-refractivity contribution in [2.24, 2.45) is 0 Å². The summed E-state index contributed by atoms with van der Waals surface area (Å²) in [6.07, 6.45) is 3.25. The maximum atomic E-state index is 9.27. The number of pyridine rings is 1. The second kappa shape index (κ2) is 6.20. The summed E-state index contributed by atoms with van der Waals surface area (Å²) in [7, 11) is 0. The molecule has 3 nitrogen and oxygen atoms in total. The Morgan fingerprint density at radius 3 is 2.29 bits per heavy atom. The molecule has 0 unspecified atom stereocenters. The van der Waals surface area contributed by atoms with E-state index >= 15 is 0 Å². The molecule has 0 bridgehead atoms. The number of aliphatic hydroxyl groups excluding tert-OH is 1. The molecular weight excluding hydrogens is 262 g/mol. The number of rotatable bonds is 4. The second-order valence-corrected chi connectivity index (χ2v) is 4.63. The minimum absolute atomic E-state index is 0.0920. The predicted octanol–water partition coefficient (Wildman–Crippen LogP) is 4.03. The summed E-state index contributed by atoms with van der Waals surface area (Å²) in [6, 6.07) is 19.8. The summed E-state index contributed by atoms with van der Waals surface area (Å²) in [5.41, 5.74) is 2.98. The van der Waals surface area contributed by atoms with Crippen LogP contribution < -0.4 is 4.74 Å². The van der Waals surface area contributed by atoms with Crippen molar-refractivity contribution in [2.45, 2.75) is 6.61 Å². The van der Waals surface area contributed by atoms with Crippen LogP contribution in [0.2, 0.25) is 0 Å². The molecule has 0 aliphatic heterocycles. The van der Waals surface area contributed by atoms with Gasteiger partial charge in [-0.1, -0.05) is 42.5 Å². The fourth-order valence-corrected chi connectivity index (χ4v) is 2.11. The lowest BCUT2D eigenvalue weighted by atomic mass is 10.1. The van der Waals surface area contributed by atoms with Crippen LogP contribution in [-0.4, -0.2) is 10.1 Å². The van der Waals surface area contributed by atoms with Crippen molar-refractivity contribution in [1.82, 2.24) is 4.98 Å². The zero-order valence-corrected chi connectivity index (χ0v) is 11.4. The smallest absolute Gasteiger partial charge is 0.136 e. The Hall–Kier alpha value is -2.65. The number of ether oxygens (including phenoxy) is 1. The van der Waals surface area contributed by atoms with Crippen LogP contribution in [0.1, 0.15) is 5.56 Å². The maximum Gasteiger partial charge on any atom is 0.136 e. The molecule has 21 heavy (non-hydrogen) atoms. The van der Waals surface area contributed by atoms with Gasteiger partial charge < -0.3 is 9.84 Å². The van der Waals surface area contributed by atoms with E-state index < -0.39 is 0 Å². The van der Waals surface area contributed by atoms with Crippen LogP contribution in [0.15, 0.2) is 73.1 Å². The van der Waals surface area contributed by atoms with Crippen molar-refractivity contribution >= 4 is 0 Å². The highest BCUT2D eigenvalue weighted by atomic mass is 16.5. The van der Waals surface area contributed by atoms with Gasteiger partial charge in [-0.05, 0) is 29.3 Å². The third kappa shape index (κ3) is 3.09. The molecule has 0 saturated carbocycles. The van der Waals surface area contributed by atoms with E-state index in [0.717, 1.165) is 11.3 Å². The van der Waals surface area contributed by atoms with Crippen LogP contribution in [0.5, 0.6) is 11.5 Å². The molecule has 0 amide bonds. The Morgan fingerprint density at radius 2 is 1.57 bits per heavy atom. The standard InChI is InChI=1S/C18H15NO2/c20-13-16-12-19-11-10-18(16)21-17-8-6-15(7-9-17)14-4-2-1-3-5-14/h1-12,20H,13H2. The van der Waals surface area contributed by atoms with Gasteiger partial charge in [0.05, 0.1) is 6.61 Å². The third-order valence-electron chi connectivity index (χ3n) is 3.22. The molecule has 3 rings (SSSR count). The fraction of sp³-hybridized carbons (Fsp3) is 0.0556. The Kier molecular flexibility index (Phi) is 3.94. The molecule has 1 heterocycles. The molecule has 0 saturated heterocycles. The summed E-state index contributed by atoms with van der Waals surface area (Å²) in [6.45, 7) is -0.0920. The van der Waals surface area contributed by atoms with Crippen LogP contribution in [0, 0.1) is 0 Å². The van der Waals surface area contributed by atoms with E-state index in [-0.39, 0.29) is 6.61 Å². The van der Waals surface area contributed by atoms with E-state index in [9.17, 15) is 5.11 Å². The van der Waals surface area contributed by atoms with E-state index in [0.29, 0.717) is 11.3 Å². The Balaban J connectivity index is 1.82. The highest BCUT2D eigenvalue weighted by Crippen LogP contribution is 2.27. The Bertz CT molecular complexity index is 709. The molecule has 104 valence electrons. The average Bonchev–Trinajstić information content (AvgIpc) is 2.57. The van der Waals surface area contributed by atoms with Crippen molar-refractivity contribution in [1.29, 1.82) is 0 Å². The van der Waals surface area contributed by atoms with Gasteiger partial charge in [-0.25, -0.2) is 0 Å². The SMILES string of the molecule is OCc1cnccc1Oc1ccc(-c2ccccc2)cc1. The fourth-order valence-electron chi connectivity index (χ4n) is 2.11. The molecule has 3 heteroatoms. The topological polar surface area (TPSA) is 42.4 Å². The van der Waals surface area contributed by atoms with E-state index in [4.69, 9.17) is 4.74 Å². The van der Waals surface area contributed by atoms with Crippen molar-refractivity contribution in [2.75, 3.05) is 0 Å². The van der Waals surface area contributed by atoms with Crippen LogP contribution >= 0.6 is 0 Å². The van der Waals surface area contributed by atoms with Crippen molar-refractivity contribution in [3.63, 3.8) is 0 Å². The van der Waals surface area contributed by atoms with Gasteiger partial charge in [0.25, 0.3) is 0 Å². The zero-order valence-electron chi connectivity index (χ0n) is 11.4. The number of benzene rings is 2. The second-order valence-electron chi connectivity index (χ2n) is 4.63. The van der Waals surface area contributed by atoms with Crippen LogP contribution in [-0.2, 0) is 6.61 Å². The van der Waals surface area contributed by atoms with Gasteiger partial charge in [-0.2, -0.15) is 0 Å². The first-order valence-electron chi connectivity index (χ1n) is 6.74. The largest absolute Gasteiger partial charge is 0.457 e. The maximum absolute atomic E-state index is 9.27. The normalized spacial score (nSPS) is 10.3. The van der Waals surface area contributed by atoms with Gasteiger partial charge >= 0.3 is 0 Å². The van der Waals surface area contributed by atoms with E-state index in [1.807, 2.05) is 42.5 Å². The molecule has 1 N–H and O–H groups in total. The first kappa shape index (κ1) is 13.3. The molecule has 0 aliphatic rings. The van der Waals surface area contributed by atoms with Crippen molar-refractivity contribution in [3.8, 4) is 22.6 Å². The van der Waals surface area contributed by atoms with Gasteiger partial charge in [0.2, 0.25) is 0 Å². The number of aromatic nitrogens is 1. The van der Waals surface area contributed by atoms with Crippen molar-refractivity contribution < 1.29 is 9.84 Å². The molecule has 0 radical (unpaired) electrons. The van der Waals surface area contributed by atoms with E-state index in [1.54, 1.807) is 18.5 Å². The summed E-state index contributed by atoms with van der Waals surface area (Å²) in [4.78, 5) is 3.97. The quantitative estimate of drug-likeness (QED) is 0.782. The van der Waals surface area contributed by atoms with Gasteiger partial charge in [0, 0.05) is 18.0 Å². The number of hydrogen-bond donors (Lipinski definition) is 1. The summed E-state index contributed by atoms with van der Waals surface area (Å²) in [5, 5.41) is 9.27. The number of hydrogen-bond acceptors (Lipinski definition) is 3. The highest BCUT2D eigenvalue weighted by Gasteiger charge is 2.04. The Labute approximate surface area is 123 Å². The van der Waals surface area contributed by atoms with E-state index in [1.165, 1.54) is 5.56 Å². The van der Waals surface area contributed by atoms with Gasteiger partial charge in [-0.15, -0.1) is 0 Å². The molecule has 0 fully saturated rings. The van der Waals surface area contributed by atoms with Gasteiger partial charge in [-0.3, -0.25) is 4.98 Å². The zero-order chi connectivity index (χ0) is 14.5. The lowest BCUT2D eigenvalue weighted by Gasteiger charge is -2.09. The van der Waals surface area contributed by atoms with E-state index in [2.05, 4.69) is 17.1 Å². The van der Waals surface area contributed by atoms with Gasteiger partial charge in [0.1, 0.15) is 11.5 Å². The first-order valence-corrected chi connectivity index (χ1v) is 6.74. The molecular formula is C18H15NO2. The number of nitrogens with zero attached hydrogens (tertiary/aromatic N) is 1. The number of aliphatic hydroxyl groups is 1. The van der Waals surface area contributed by atoms with Gasteiger partial charge in [0.15, 0.2) is 0 Å².